The highest BCUT2D eigenvalue weighted by molar-refractivity contribution is 4.96. The van der Waals surface area contributed by atoms with Gasteiger partial charge in [-0.3, -0.25) is 0 Å². The van der Waals surface area contributed by atoms with Crippen LogP contribution in [0.1, 0.15) is 430 Å². The highest BCUT2D eigenvalue weighted by Crippen LogP contribution is 2.56. The van der Waals surface area contributed by atoms with Crippen LogP contribution in [0.4, 0.5) is 0 Å². The lowest BCUT2D eigenvalue weighted by Gasteiger charge is -2.48. The van der Waals surface area contributed by atoms with E-state index in [4.69, 9.17) is 0 Å². The fourth-order valence-corrected chi connectivity index (χ4v) is 27.1. The Morgan fingerprint density at radius 3 is 0.396 bits per heavy atom. The minimum atomic E-state index is 1.14. The third-order valence-electron chi connectivity index (χ3n) is 33.5. The first kappa shape index (κ1) is 69.5. The van der Waals surface area contributed by atoms with E-state index in [1.54, 1.807) is 315 Å². The normalized spacial score (nSPS) is 46.2. The van der Waals surface area contributed by atoms with Crippen LogP contribution < -0.4 is 0 Å². The molecule has 0 aliphatic heterocycles. The van der Waals surface area contributed by atoms with Crippen LogP contribution >= 0.6 is 0 Å². The molecule has 0 aromatic carbocycles. The van der Waals surface area contributed by atoms with Gasteiger partial charge < -0.3 is 0 Å². The van der Waals surface area contributed by atoms with Gasteiger partial charge in [0, 0.05) is 0 Å². The second-order valence-corrected chi connectivity index (χ2v) is 38.8. The second kappa shape index (κ2) is 36.9. The molecule has 0 spiro atoms. The third kappa shape index (κ3) is 21.0. The molecule has 0 aromatic heterocycles. The van der Waals surface area contributed by atoms with Gasteiger partial charge in [0.05, 0.1) is 0 Å². The van der Waals surface area contributed by atoms with Crippen molar-refractivity contribution in [2.75, 3.05) is 0 Å². The molecule has 0 bridgehead atoms. The van der Waals surface area contributed by atoms with E-state index in [0.29, 0.717) is 0 Å². The number of fused-ring (bicyclic) bond motifs is 13. The predicted octanol–water partition coefficient (Wildman–Crippen LogP) is 29.1. The van der Waals surface area contributed by atoms with Gasteiger partial charge in [0.2, 0.25) is 0 Å². The van der Waals surface area contributed by atoms with Crippen molar-refractivity contribution in [3.8, 4) is 0 Å². The Labute approximate surface area is 569 Å². The van der Waals surface area contributed by atoms with Gasteiger partial charge in [0.25, 0.3) is 0 Å². The minimum Gasteiger partial charge on any atom is -0.0533 e. The number of hydrogen-bond acceptors (Lipinski definition) is 0. The maximum absolute atomic E-state index is 1.62. The SMILES string of the molecule is C1CC2CCCC2C1.C1CCC2C(C1)CCC1CCCCC12.C1CCC2CC3CCCCC3CC2C1.C1CCC2CCCCC2C1.C1CCC2CCCCC2CC1.C1CC[C@H]2CCC[C@H]2C1.C1CC[C@H]2C[C@H]2C1.C1C[C@@H]2CC[C@@H]2C1.C1C[C@@H]2C[C@@H]2C1.C1C[C@H]2C[C@@H]12. The molecule has 0 nitrogen and oxygen atoms in total. The molecule has 91 heavy (non-hydrogen) atoms. The molecule has 0 aromatic rings. The highest BCUT2D eigenvalue weighted by atomic mass is 14.5. The van der Waals surface area contributed by atoms with Crippen LogP contribution in [-0.4, -0.2) is 0 Å². The van der Waals surface area contributed by atoms with Crippen molar-refractivity contribution in [1.29, 1.82) is 0 Å². The second-order valence-electron chi connectivity index (χ2n) is 38.8. The molecule has 0 saturated heterocycles. The molecule has 20 atom stereocenters. The summed E-state index contributed by atoms with van der Waals surface area (Å²) in [5.74, 6) is 28.2. The lowest BCUT2D eigenvalue weighted by atomic mass is 9.58. The van der Waals surface area contributed by atoms with Crippen LogP contribution in [0.3, 0.4) is 0 Å². The van der Waals surface area contributed by atoms with Gasteiger partial charge >= 0.3 is 0 Å². The van der Waals surface area contributed by atoms with Gasteiger partial charge in [-0.2, -0.15) is 0 Å². The van der Waals surface area contributed by atoms with Crippen LogP contribution in [0.2, 0.25) is 0 Å². The summed E-state index contributed by atoms with van der Waals surface area (Å²) in [4.78, 5) is 0. The Kier molecular flexibility index (Phi) is 28.2. The lowest BCUT2D eigenvalue weighted by Crippen LogP contribution is -2.38. The van der Waals surface area contributed by atoms with Crippen molar-refractivity contribution in [1.82, 2.24) is 0 Å². The monoisotopic (exact) mass is 1250 g/mol. The van der Waals surface area contributed by atoms with Gasteiger partial charge in [-0.25, -0.2) is 0 Å². The van der Waals surface area contributed by atoms with Crippen LogP contribution in [0, 0.1) is 142 Å². The van der Waals surface area contributed by atoms with Crippen molar-refractivity contribution < 1.29 is 0 Å². The van der Waals surface area contributed by atoms with Crippen molar-refractivity contribution in [3.05, 3.63) is 0 Å². The van der Waals surface area contributed by atoms with E-state index >= 15 is 0 Å². The molecule has 10 unspecified atom stereocenters. The molecule has 0 heterocycles. The topological polar surface area (TPSA) is 0 Å². The maximum atomic E-state index is 1.62. The van der Waals surface area contributed by atoms with Gasteiger partial charge in [0.15, 0.2) is 0 Å². The largest absolute Gasteiger partial charge is 0.0533 e. The Bertz CT molecular complexity index is 1800. The first-order valence-corrected chi connectivity index (χ1v) is 45.1. The number of rotatable bonds is 0. The fourth-order valence-electron chi connectivity index (χ4n) is 27.1. The standard InChI is InChI=1S/2C14H24.C11H20.C10H18.C9H16.C8H14.2C7H12.C6H10.C5H8/c1-3-7-13-11(5-1)9-10-12-6-2-4-8-14(12)13;1-2-6-12-10-14-8-4-3-7-13(14)9-11(12)5-1;1-2-6-10-8-4-5-9-11(10)7-3-1;1-2-6-10-8-4-3-7-9(10)5-1;1-2-5-9-7-3-6-8(9)4-1;1-3-7-5-2-6-8(7)4-1;1-2-6-4-5-7(6)3-1;1-2-4-7-5-6(7)3-1;1-2-5-4-6(5)3-1;1-2-5-3-4(1)5/h2*11-14H,1-10H2;10-11H,1-9H2;9-10H,1-8H2;8-9H,1-7H2;7-8H,1-6H2;2*6-7H,1-5H2;5-6H,1-4H2;4-5H,1-3H2/t;;;;8-,9+;;2*6-,7+;5-,6+;4-,5+. The lowest BCUT2D eigenvalue weighted by molar-refractivity contribution is 0.0278. The predicted molar refractivity (Wildman–Crippen MR) is 393 cm³/mol. The average molecular weight is 1250 g/mol. The summed E-state index contributed by atoms with van der Waals surface area (Å²) in [6, 6.07) is 0. The Hall–Kier alpha value is 0. The van der Waals surface area contributed by atoms with Gasteiger partial charge in [-0.05, 0) is 226 Å². The first-order chi connectivity index (χ1) is 45.1. The summed E-state index contributed by atoms with van der Waals surface area (Å²) >= 11 is 0. The van der Waals surface area contributed by atoms with E-state index in [0.717, 1.165) is 59.2 Å². The molecule has 522 valence electrons. The quantitative estimate of drug-likeness (QED) is 0.227. The Balaban J connectivity index is 0.0000000938. The van der Waals surface area contributed by atoms with Gasteiger partial charge in [0.1, 0.15) is 0 Å². The first-order valence-electron chi connectivity index (χ1n) is 45.1. The maximum Gasteiger partial charge on any atom is -0.0355 e. The molecule has 0 radical (unpaired) electrons. The Morgan fingerprint density at radius 2 is 0.198 bits per heavy atom. The molecule has 0 heteroatoms. The minimum absolute atomic E-state index is 1.14. The molecule has 0 N–H and O–H groups in total. The number of hydrogen-bond donors (Lipinski definition) is 0. The fraction of sp³-hybridized carbons (Fsp3) is 1.00. The van der Waals surface area contributed by atoms with Crippen LogP contribution in [0.25, 0.3) is 0 Å². The summed E-state index contributed by atoms with van der Waals surface area (Å²) < 4.78 is 0. The average Bonchev–Trinajstić information content (AvgIpc) is 1.96. The summed E-state index contributed by atoms with van der Waals surface area (Å²) in [6.45, 7) is 0. The smallest absolute Gasteiger partial charge is 0.0355 e. The zero-order valence-electron chi connectivity index (χ0n) is 61.2. The molecule has 22 fully saturated rings. The van der Waals surface area contributed by atoms with E-state index < -0.39 is 0 Å². The summed E-state index contributed by atoms with van der Waals surface area (Å²) in [6.07, 6.45) is 104. The van der Waals surface area contributed by atoms with Crippen LogP contribution in [0.5, 0.6) is 0 Å². The van der Waals surface area contributed by atoms with Crippen LogP contribution in [0.15, 0.2) is 0 Å². The van der Waals surface area contributed by atoms with Gasteiger partial charge in [-0.15, -0.1) is 0 Å². The highest BCUT2D eigenvalue weighted by Gasteiger charge is 2.45. The summed E-state index contributed by atoms with van der Waals surface area (Å²) in [5, 5.41) is 0. The zero-order valence-corrected chi connectivity index (χ0v) is 61.2. The van der Waals surface area contributed by atoms with Crippen molar-refractivity contribution in [2.45, 2.75) is 430 Å². The Morgan fingerprint density at radius 1 is 0.0769 bits per heavy atom. The van der Waals surface area contributed by atoms with Crippen molar-refractivity contribution in [3.63, 3.8) is 0 Å². The molecule has 22 saturated carbocycles. The van der Waals surface area contributed by atoms with Crippen molar-refractivity contribution >= 4 is 0 Å². The molecule has 22 aliphatic rings. The third-order valence-corrected chi connectivity index (χ3v) is 33.5. The summed E-state index contributed by atoms with van der Waals surface area (Å²) in [5.41, 5.74) is 0. The van der Waals surface area contributed by atoms with E-state index in [9.17, 15) is 0 Å². The zero-order chi connectivity index (χ0) is 61.2. The summed E-state index contributed by atoms with van der Waals surface area (Å²) in [7, 11) is 0. The van der Waals surface area contributed by atoms with E-state index in [2.05, 4.69) is 0 Å². The molecule has 22 aliphatic carbocycles. The molecule has 0 amide bonds. The van der Waals surface area contributed by atoms with E-state index in [1.807, 2.05) is 0 Å². The van der Waals surface area contributed by atoms with E-state index in [-0.39, 0.29) is 0 Å². The van der Waals surface area contributed by atoms with Crippen LogP contribution in [-0.2, 0) is 0 Å². The van der Waals surface area contributed by atoms with Crippen molar-refractivity contribution in [2.24, 2.45) is 142 Å². The van der Waals surface area contributed by atoms with E-state index in [1.165, 1.54) is 198 Å². The van der Waals surface area contributed by atoms with Gasteiger partial charge in [-0.1, -0.05) is 347 Å². The molecular formula is C91H158. The molecular weight excluding hydrogens is 1090 g/mol. The molecule has 22 rings (SSSR count).